The second-order valence-electron chi connectivity index (χ2n) is 3.84. The van der Waals surface area contributed by atoms with Crippen molar-refractivity contribution in [1.29, 1.82) is 0 Å². The molecule has 0 aliphatic carbocycles. The van der Waals surface area contributed by atoms with Gasteiger partial charge in [-0.25, -0.2) is 4.79 Å². The summed E-state index contributed by atoms with van der Waals surface area (Å²) in [6, 6.07) is 4.88. The first-order valence-electron chi connectivity index (χ1n) is 5.76. The molecular weight excluding hydrogens is 218 g/mol. The lowest BCUT2D eigenvalue weighted by Gasteiger charge is -2.14. The monoisotopic (exact) mass is 237 g/mol. The van der Waals surface area contributed by atoms with Crippen molar-refractivity contribution in [2.45, 2.75) is 32.8 Å². The molecule has 0 aromatic heterocycles. The van der Waals surface area contributed by atoms with Crippen LogP contribution < -0.4 is 10.5 Å². The van der Waals surface area contributed by atoms with E-state index < -0.39 is 0 Å². The van der Waals surface area contributed by atoms with Crippen LogP contribution in [0, 0.1) is 0 Å². The summed E-state index contributed by atoms with van der Waals surface area (Å²) < 4.78 is 10.4. The van der Waals surface area contributed by atoms with Gasteiger partial charge in [0.25, 0.3) is 0 Å². The van der Waals surface area contributed by atoms with Gasteiger partial charge in [-0.15, -0.1) is 0 Å². The highest BCUT2D eigenvalue weighted by atomic mass is 16.5. The maximum absolute atomic E-state index is 11.9. The van der Waals surface area contributed by atoms with Gasteiger partial charge in [0.05, 0.1) is 12.7 Å². The maximum Gasteiger partial charge on any atom is 0.338 e. The van der Waals surface area contributed by atoms with Crippen molar-refractivity contribution in [2.24, 2.45) is 0 Å². The van der Waals surface area contributed by atoms with E-state index in [1.807, 2.05) is 13.8 Å². The van der Waals surface area contributed by atoms with Crippen molar-refractivity contribution >= 4 is 11.7 Å². The summed E-state index contributed by atoms with van der Waals surface area (Å²) >= 11 is 0. The maximum atomic E-state index is 11.9. The number of ether oxygens (including phenoxy) is 2. The number of hydrogen-bond acceptors (Lipinski definition) is 4. The number of hydrogen-bond donors (Lipinski definition) is 1. The minimum Gasteiger partial charge on any atom is -0.497 e. The summed E-state index contributed by atoms with van der Waals surface area (Å²) in [5.41, 5.74) is 6.59. The average molecular weight is 237 g/mol. The molecule has 2 N–H and O–H groups in total. The average Bonchev–Trinajstić information content (AvgIpc) is 2.34. The highest BCUT2D eigenvalue weighted by molar-refractivity contribution is 5.91. The molecule has 1 aromatic rings. The van der Waals surface area contributed by atoms with E-state index in [1.54, 1.807) is 18.2 Å². The zero-order valence-corrected chi connectivity index (χ0v) is 10.5. The predicted molar refractivity (Wildman–Crippen MR) is 67.2 cm³/mol. The summed E-state index contributed by atoms with van der Waals surface area (Å²) in [6.07, 6.45) is 1.57. The fraction of sp³-hybridized carbons (Fsp3) is 0.462. The van der Waals surface area contributed by atoms with Crippen LogP contribution in [-0.2, 0) is 4.74 Å². The number of nitrogen functional groups attached to an aromatic ring is 1. The first kappa shape index (κ1) is 13.4. The number of methoxy groups -OCH3 is 1. The van der Waals surface area contributed by atoms with E-state index in [-0.39, 0.29) is 12.1 Å². The lowest BCUT2D eigenvalue weighted by atomic mass is 10.1. The highest BCUT2D eigenvalue weighted by Gasteiger charge is 2.14. The van der Waals surface area contributed by atoms with Gasteiger partial charge >= 0.3 is 5.97 Å². The first-order chi connectivity index (χ1) is 8.10. The van der Waals surface area contributed by atoms with Crippen LogP contribution in [-0.4, -0.2) is 19.2 Å². The van der Waals surface area contributed by atoms with Crippen molar-refractivity contribution in [3.8, 4) is 5.75 Å². The number of benzene rings is 1. The van der Waals surface area contributed by atoms with Crippen LogP contribution in [0.5, 0.6) is 5.75 Å². The van der Waals surface area contributed by atoms with Crippen LogP contribution >= 0.6 is 0 Å². The zero-order valence-electron chi connectivity index (χ0n) is 10.5. The molecule has 17 heavy (non-hydrogen) atoms. The van der Waals surface area contributed by atoms with Crippen molar-refractivity contribution in [3.63, 3.8) is 0 Å². The Balaban J connectivity index is 2.84. The lowest BCUT2D eigenvalue weighted by Crippen LogP contribution is -2.16. The molecular formula is C13H19NO3. The molecule has 0 saturated carbocycles. The molecule has 1 rings (SSSR count). The number of rotatable bonds is 5. The van der Waals surface area contributed by atoms with Crippen molar-refractivity contribution in [3.05, 3.63) is 23.8 Å². The van der Waals surface area contributed by atoms with Crippen LogP contribution in [0.15, 0.2) is 18.2 Å². The molecule has 0 unspecified atom stereocenters. The van der Waals surface area contributed by atoms with Crippen molar-refractivity contribution in [2.75, 3.05) is 12.8 Å². The highest BCUT2D eigenvalue weighted by Crippen LogP contribution is 2.20. The second kappa shape index (κ2) is 6.13. The minimum atomic E-state index is -0.357. The van der Waals surface area contributed by atoms with Crippen LogP contribution in [0.2, 0.25) is 0 Å². The van der Waals surface area contributed by atoms with Gasteiger partial charge in [0, 0.05) is 11.8 Å². The number of nitrogens with two attached hydrogens (primary N) is 1. The molecule has 0 heterocycles. The summed E-state index contributed by atoms with van der Waals surface area (Å²) in [6.45, 7) is 3.97. The van der Waals surface area contributed by atoms with E-state index in [4.69, 9.17) is 15.2 Å². The summed E-state index contributed by atoms with van der Waals surface area (Å²) in [5.74, 6) is 0.200. The Morgan fingerprint density at radius 2 is 1.94 bits per heavy atom. The zero-order chi connectivity index (χ0) is 12.8. The largest absolute Gasteiger partial charge is 0.497 e. The van der Waals surface area contributed by atoms with Crippen LogP contribution in [0.1, 0.15) is 37.0 Å². The fourth-order valence-corrected chi connectivity index (χ4v) is 1.53. The molecule has 1 aromatic carbocycles. The molecule has 0 atom stereocenters. The van der Waals surface area contributed by atoms with Gasteiger partial charge in [-0.05, 0) is 25.0 Å². The van der Waals surface area contributed by atoms with Gasteiger partial charge in [0.15, 0.2) is 0 Å². The number of anilines is 1. The summed E-state index contributed by atoms with van der Waals surface area (Å²) in [5, 5.41) is 0. The summed E-state index contributed by atoms with van der Waals surface area (Å²) in [7, 11) is 1.53. The van der Waals surface area contributed by atoms with Gasteiger partial charge in [-0.3, -0.25) is 0 Å². The third kappa shape index (κ3) is 3.66. The van der Waals surface area contributed by atoms with E-state index in [9.17, 15) is 4.79 Å². The Morgan fingerprint density at radius 3 is 2.47 bits per heavy atom. The van der Waals surface area contributed by atoms with E-state index in [0.29, 0.717) is 17.0 Å². The van der Waals surface area contributed by atoms with Crippen LogP contribution in [0.3, 0.4) is 0 Å². The lowest BCUT2D eigenvalue weighted by molar-refractivity contribution is 0.0284. The SMILES string of the molecule is CCC(CC)OC(=O)c1cc(N)cc(OC)c1. The molecule has 0 aliphatic rings. The van der Waals surface area contributed by atoms with Crippen LogP contribution in [0.4, 0.5) is 5.69 Å². The van der Waals surface area contributed by atoms with Gasteiger partial charge in [0.2, 0.25) is 0 Å². The Kier molecular flexibility index (Phi) is 4.82. The molecule has 4 nitrogen and oxygen atoms in total. The van der Waals surface area contributed by atoms with Gasteiger partial charge in [-0.2, -0.15) is 0 Å². The second-order valence-corrected chi connectivity index (χ2v) is 3.84. The van der Waals surface area contributed by atoms with Crippen molar-refractivity contribution < 1.29 is 14.3 Å². The van der Waals surface area contributed by atoms with Crippen LogP contribution in [0.25, 0.3) is 0 Å². The van der Waals surface area contributed by atoms with E-state index in [2.05, 4.69) is 0 Å². The van der Waals surface area contributed by atoms with Gasteiger partial charge in [-0.1, -0.05) is 13.8 Å². The molecule has 0 radical (unpaired) electrons. The molecule has 0 spiro atoms. The first-order valence-corrected chi connectivity index (χ1v) is 5.76. The third-order valence-electron chi connectivity index (χ3n) is 2.58. The Bertz CT molecular complexity index is 386. The number of esters is 1. The molecule has 0 bridgehead atoms. The normalized spacial score (nSPS) is 10.4. The van der Waals surface area contributed by atoms with Gasteiger partial charge < -0.3 is 15.2 Å². The third-order valence-corrected chi connectivity index (χ3v) is 2.58. The van der Waals surface area contributed by atoms with Gasteiger partial charge in [0.1, 0.15) is 11.9 Å². The van der Waals surface area contributed by atoms with Crippen molar-refractivity contribution in [1.82, 2.24) is 0 Å². The molecule has 4 heteroatoms. The number of carbonyl (C=O) groups excluding carboxylic acids is 1. The Morgan fingerprint density at radius 1 is 1.29 bits per heavy atom. The van der Waals surface area contributed by atoms with E-state index in [0.717, 1.165) is 12.8 Å². The van der Waals surface area contributed by atoms with E-state index >= 15 is 0 Å². The number of carbonyl (C=O) groups is 1. The standard InChI is InChI=1S/C13H19NO3/c1-4-11(5-2)17-13(15)9-6-10(14)8-12(7-9)16-3/h6-8,11H,4-5,14H2,1-3H3. The molecule has 0 saturated heterocycles. The smallest absolute Gasteiger partial charge is 0.338 e. The fourth-order valence-electron chi connectivity index (χ4n) is 1.53. The Hall–Kier alpha value is -1.71. The molecule has 94 valence electrons. The molecule has 0 amide bonds. The Labute approximate surface area is 102 Å². The topological polar surface area (TPSA) is 61.5 Å². The molecule has 0 aliphatic heterocycles. The minimum absolute atomic E-state index is 0.0464. The quantitative estimate of drug-likeness (QED) is 0.631. The summed E-state index contributed by atoms with van der Waals surface area (Å²) in [4.78, 5) is 11.9. The predicted octanol–water partition coefficient (Wildman–Crippen LogP) is 2.62. The van der Waals surface area contributed by atoms with E-state index in [1.165, 1.54) is 7.11 Å². The molecule has 0 fully saturated rings.